The van der Waals surface area contributed by atoms with E-state index in [1.165, 1.54) is 0 Å². The molecule has 0 heterocycles. The number of esters is 2. The van der Waals surface area contributed by atoms with Crippen LogP contribution < -0.4 is 0 Å². The second-order valence-electron chi connectivity index (χ2n) is 4.26. The molecule has 0 radical (unpaired) electrons. The molecule has 2 unspecified atom stereocenters. The fraction of sp³-hybridized carbons (Fsp3) is 0.385. The second kappa shape index (κ2) is 7.11. The minimum absolute atomic E-state index is 0.258. The molecule has 1 aromatic carbocycles. The average molecular weight is 284 g/mol. The van der Waals surface area contributed by atoms with Crippen molar-refractivity contribution in [2.75, 3.05) is 13.2 Å². The summed E-state index contributed by atoms with van der Waals surface area (Å²) in [5, 5.41) is 36.7. The van der Waals surface area contributed by atoms with Crippen LogP contribution in [-0.4, -0.2) is 57.3 Å². The number of aliphatic hydroxyl groups is 4. The zero-order chi connectivity index (χ0) is 15.2. The van der Waals surface area contributed by atoms with Gasteiger partial charge in [0.1, 0.15) is 0 Å². The highest BCUT2D eigenvalue weighted by molar-refractivity contribution is 5.92. The predicted octanol–water partition coefficient (Wildman–Crippen LogP) is -1.62. The van der Waals surface area contributed by atoms with Crippen molar-refractivity contribution in [2.24, 2.45) is 0 Å². The minimum atomic E-state index is -2.30. The minimum Gasteiger partial charge on any atom is -0.393 e. The molecule has 7 heteroatoms. The van der Waals surface area contributed by atoms with E-state index in [9.17, 15) is 14.7 Å². The van der Waals surface area contributed by atoms with Crippen molar-refractivity contribution >= 4 is 11.9 Å². The van der Waals surface area contributed by atoms with Crippen LogP contribution >= 0.6 is 0 Å². The van der Waals surface area contributed by atoms with E-state index >= 15 is 0 Å². The first kappa shape index (κ1) is 16.3. The summed E-state index contributed by atoms with van der Waals surface area (Å²) in [6.45, 7) is -1.87. The Bertz CT molecular complexity index is 459. The maximum atomic E-state index is 11.7. The highest BCUT2D eigenvalue weighted by Gasteiger charge is 2.39. The van der Waals surface area contributed by atoms with Gasteiger partial charge in [-0.3, -0.25) is 0 Å². The zero-order valence-corrected chi connectivity index (χ0v) is 10.6. The van der Waals surface area contributed by atoms with Crippen molar-refractivity contribution in [3.05, 3.63) is 35.9 Å². The number of carbonyl (C=O) groups is 2. The van der Waals surface area contributed by atoms with Gasteiger partial charge in [-0.15, -0.1) is 0 Å². The molecule has 7 nitrogen and oxygen atoms in total. The Morgan fingerprint density at radius 2 is 1.80 bits per heavy atom. The van der Waals surface area contributed by atoms with Gasteiger partial charge in [0.25, 0.3) is 0 Å². The van der Waals surface area contributed by atoms with Crippen LogP contribution in [0, 0.1) is 0 Å². The number of hydrogen-bond donors (Lipinski definition) is 4. The highest BCUT2D eigenvalue weighted by Crippen LogP contribution is 2.15. The van der Waals surface area contributed by atoms with E-state index in [-0.39, 0.29) is 6.42 Å². The van der Waals surface area contributed by atoms with Crippen LogP contribution in [-0.2, 0) is 20.7 Å². The topological polar surface area (TPSA) is 124 Å². The molecule has 0 aliphatic carbocycles. The number of hydrogen-bond acceptors (Lipinski definition) is 7. The first-order valence-electron chi connectivity index (χ1n) is 5.85. The van der Waals surface area contributed by atoms with Crippen LogP contribution in [0.5, 0.6) is 0 Å². The standard InChI is InChI=1S/C13H16O7/c14-7-10(16)11(17)20-12(18)13(19,8-15)6-9-4-2-1-3-5-9/h1-5,10,14-16,19H,6-8H2. The lowest BCUT2D eigenvalue weighted by atomic mass is 9.95. The third kappa shape index (κ3) is 4.10. The molecule has 110 valence electrons. The van der Waals surface area contributed by atoms with Gasteiger partial charge in [0.15, 0.2) is 11.7 Å². The van der Waals surface area contributed by atoms with Crippen molar-refractivity contribution in [1.82, 2.24) is 0 Å². The first-order valence-corrected chi connectivity index (χ1v) is 5.85. The molecular formula is C13H16O7. The summed E-state index contributed by atoms with van der Waals surface area (Å²) in [5.41, 5.74) is -1.75. The van der Waals surface area contributed by atoms with Gasteiger partial charge in [0, 0.05) is 6.42 Å². The fourth-order valence-electron chi connectivity index (χ4n) is 1.46. The van der Waals surface area contributed by atoms with E-state index < -0.39 is 36.9 Å². The van der Waals surface area contributed by atoms with E-state index in [0.29, 0.717) is 5.56 Å². The molecule has 0 aliphatic rings. The Hall–Kier alpha value is -1.80. The second-order valence-corrected chi connectivity index (χ2v) is 4.26. The van der Waals surface area contributed by atoms with Crippen LogP contribution in [0.1, 0.15) is 5.56 Å². The van der Waals surface area contributed by atoms with Gasteiger partial charge in [0.2, 0.25) is 0 Å². The number of benzene rings is 1. The highest BCUT2D eigenvalue weighted by atomic mass is 16.6. The summed E-state index contributed by atoms with van der Waals surface area (Å²) in [6, 6.07) is 8.34. The summed E-state index contributed by atoms with van der Waals surface area (Å²) in [6.07, 6.45) is -2.13. The lowest BCUT2D eigenvalue weighted by molar-refractivity contribution is -0.182. The first-order chi connectivity index (χ1) is 9.42. The molecular weight excluding hydrogens is 268 g/mol. The number of rotatable bonds is 6. The van der Waals surface area contributed by atoms with Gasteiger partial charge in [-0.25, -0.2) is 9.59 Å². The molecule has 0 bridgehead atoms. The van der Waals surface area contributed by atoms with Crippen LogP contribution in [0.25, 0.3) is 0 Å². The van der Waals surface area contributed by atoms with Crippen LogP contribution in [0.15, 0.2) is 30.3 Å². The summed E-state index contributed by atoms with van der Waals surface area (Å²) in [5.74, 6) is -2.78. The lowest BCUT2D eigenvalue weighted by Crippen LogP contribution is -2.47. The normalized spacial score (nSPS) is 15.2. The van der Waals surface area contributed by atoms with E-state index in [4.69, 9.17) is 15.3 Å². The quantitative estimate of drug-likeness (QED) is 0.365. The summed E-state index contributed by atoms with van der Waals surface area (Å²) in [7, 11) is 0. The van der Waals surface area contributed by atoms with E-state index in [2.05, 4.69) is 4.74 Å². The largest absolute Gasteiger partial charge is 0.393 e. The van der Waals surface area contributed by atoms with Gasteiger partial charge in [-0.1, -0.05) is 30.3 Å². The fourth-order valence-corrected chi connectivity index (χ4v) is 1.46. The predicted molar refractivity (Wildman–Crippen MR) is 66.4 cm³/mol. The van der Waals surface area contributed by atoms with E-state index in [1.54, 1.807) is 30.3 Å². The number of carbonyl (C=O) groups excluding carboxylic acids is 2. The molecule has 0 saturated carbocycles. The lowest BCUT2D eigenvalue weighted by Gasteiger charge is -2.23. The monoisotopic (exact) mass is 284 g/mol. The van der Waals surface area contributed by atoms with Gasteiger partial charge in [-0.05, 0) is 5.56 Å². The molecule has 1 rings (SSSR count). The smallest absolute Gasteiger partial charge is 0.348 e. The average Bonchev–Trinajstić information content (AvgIpc) is 2.47. The maximum absolute atomic E-state index is 11.7. The van der Waals surface area contributed by atoms with Gasteiger partial charge in [0.05, 0.1) is 13.2 Å². The van der Waals surface area contributed by atoms with Gasteiger partial charge >= 0.3 is 11.9 Å². The van der Waals surface area contributed by atoms with Crippen molar-refractivity contribution in [3.63, 3.8) is 0 Å². The molecule has 1 aromatic rings. The van der Waals surface area contributed by atoms with Gasteiger partial charge < -0.3 is 25.2 Å². The molecule has 0 fully saturated rings. The van der Waals surface area contributed by atoms with Crippen molar-refractivity contribution in [2.45, 2.75) is 18.1 Å². The van der Waals surface area contributed by atoms with E-state index in [0.717, 1.165) is 0 Å². The van der Waals surface area contributed by atoms with Crippen LogP contribution in [0.3, 0.4) is 0 Å². The molecule has 0 saturated heterocycles. The SMILES string of the molecule is O=C(OC(=O)C(O)(CO)Cc1ccccc1)C(O)CO. The van der Waals surface area contributed by atoms with E-state index in [1.807, 2.05) is 0 Å². The Morgan fingerprint density at radius 1 is 1.20 bits per heavy atom. The molecule has 0 amide bonds. The van der Waals surface area contributed by atoms with Crippen LogP contribution in [0.4, 0.5) is 0 Å². The number of ether oxygens (including phenoxy) is 1. The van der Waals surface area contributed by atoms with Crippen LogP contribution in [0.2, 0.25) is 0 Å². The summed E-state index contributed by atoms with van der Waals surface area (Å²) in [4.78, 5) is 22.8. The molecule has 2 atom stereocenters. The van der Waals surface area contributed by atoms with Crippen molar-refractivity contribution in [1.29, 1.82) is 0 Å². The Kier molecular flexibility index (Phi) is 5.78. The third-order valence-corrected chi connectivity index (χ3v) is 2.62. The maximum Gasteiger partial charge on any atom is 0.348 e. The number of aliphatic hydroxyl groups excluding tert-OH is 3. The zero-order valence-electron chi connectivity index (χ0n) is 10.6. The van der Waals surface area contributed by atoms with Gasteiger partial charge in [-0.2, -0.15) is 0 Å². The molecule has 0 aromatic heterocycles. The third-order valence-electron chi connectivity index (χ3n) is 2.62. The summed E-state index contributed by atoms with van der Waals surface area (Å²) >= 11 is 0. The Labute approximate surface area is 115 Å². The molecule has 0 aliphatic heterocycles. The molecule has 20 heavy (non-hydrogen) atoms. The molecule has 0 spiro atoms. The Morgan fingerprint density at radius 3 is 2.30 bits per heavy atom. The van der Waals surface area contributed by atoms with Crippen molar-refractivity contribution in [3.8, 4) is 0 Å². The summed E-state index contributed by atoms with van der Waals surface area (Å²) < 4.78 is 4.23. The molecule has 4 N–H and O–H groups in total. The Balaban J connectivity index is 2.77. The van der Waals surface area contributed by atoms with Crippen molar-refractivity contribution < 1.29 is 34.8 Å².